The molecule has 0 bridgehead atoms. The summed E-state index contributed by atoms with van der Waals surface area (Å²) in [7, 11) is 0. The first kappa shape index (κ1) is 14.7. The Balaban J connectivity index is 3.18. The Hall–Kier alpha value is -3.70. The van der Waals surface area contributed by atoms with E-state index in [1.165, 1.54) is 0 Å². The maximum atomic E-state index is 11.1. The Morgan fingerprint density at radius 3 is 1.68 bits per heavy atom. The van der Waals surface area contributed by atoms with E-state index in [-0.39, 0.29) is 0 Å². The van der Waals surface area contributed by atoms with E-state index in [0.29, 0.717) is 6.07 Å². The molecule has 0 heterocycles. The first-order chi connectivity index (χ1) is 10.3. The van der Waals surface area contributed by atoms with Crippen molar-refractivity contribution in [2.45, 2.75) is 0 Å². The molecule has 112 valence electrons. The van der Waals surface area contributed by atoms with E-state index in [1.807, 2.05) is 0 Å². The molecule has 2 aromatic rings. The third-order valence-corrected chi connectivity index (χ3v) is 2.84. The summed E-state index contributed by atoms with van der Waals surface area (Å²) in [6.07, 6.45) is 0. The fourth-order valence-electron chi connectivity index (χ4n) is 2.03. The van der Waals surface area contributed by atoms with Gasteiger partial charge in [-0.15, -0.1) is 0 Å². The van der Waals surface area contributed by atoms with Crippen molar-refractivity contribution in [3.05, 3.63) is 64.7 Å². The second-order valence-corrected chi connectivity index (χ2v) is 3.99. The average Bonchev–Trinajstić information content (AvgIpc) is 2.43. The van der Waals surface area contributed by atoms with E-state index in [9.17, 15) is 40.5 Å². The zero-order valence-corrected chi connectivity index (χ0v) is 10.4. The standard InChI is InChI=1S/C10H4N4O8/c15-11(16)6-3-1-2-5-7(12(17)18)4-8(13(19)20)10(9(5)6)14(21)22/h1-4H. The van der Waals surface area contributed by atoms with Crippen LogP contribution in [0.5, 0.6) is 0 Å². The van der Waals surface area contributed by atoms with Gasteiger partial charge < -0.3 is 0 Å². The summed E-state index contributed by atoms with van der Waals surface area (Å²) >= 11 is 0. The minimum absolute atomic E-state index is 0.420. The number of nitro groups is 4. The van der Waals surface area contributed by atoms with Crippen LogP contribution in [0.4, 0.5) is 22.7 Å². The fraction of sp³-hybridized carbons (Fsp3) is 0. The van der Waals surface area contributed by atoms with Crippen LogP contribution in [-0.4, -0.2) is 19.7 Å². The maximum Gasteiger partial charge on any atom is 0.361 e. The maximum absolute atomic E-state index is 11.1. The van der Waals surface area contributed by atoms with Gasteiger partial charge in [0, 0.05) is 6.07 Å². The molecule has 2 aromatic carbocycles. The lowest BCUT2D eigenvalue weighted by molar-refractivity contribution is -0.423. The molecule has 0 saturated carbocycles. The van der Waals surface area contributed by atoms with E-state index >= 15 is 0 Å². The molecule has 2 rings (SSSR count). The highest BCUT2D eigenvalue weighted by Crippen LogP contribution is 2.44. The third-order valence-electron chi connectivity index (χ3n) is 2.84. The molecule has 0 saturated heterocycles. The van der Waals surface area contributed by atoms with Crippen molar-refractivity contribution >= 4 is 33.5 Å². The second-order valence-electron chi connectivity index (χ2n) is 3.99. The second kappa shape index (κ2) is 5.01. The predicted molar refractivity (Wildman–Crippen MR) is 70.6 cm³/mol. The topological polar surface area (TPSA) is 173 Å². The molecular formula is C10H4N4O8. The van der Waals surface area contributed by atoms with Crippen LogP contribution in [0.1, 0.15) is 0 Å². The van der Waals surface area contributed by atoms with Crippen LogP contribution in [0.25, 0.3) is 10.8 Å². The number of non-ortho nitro benzene ring substituents is 2. The van der Waals surface area contributed by atoms with Gasteiger partial charge in [0.25, 0.3) is 11.4 Å². The zero-order valence-electron chi connectivity index (χ0n) is 10.4. The van der Waals surface area contributed by atoms with E-state index in [2.05, 4.69) is 0 Å². The smallest absolute Gasteiger partial charge is 0.258 e. The van der Waals surface area contributed by atoms with Gasteiger partial charge in [-0.3, -0.25) is 40.5 Å². The van der Waals surface area contributed by atoms with Gasteiger partial charge in [-0.25, -0.2) is 0 Å². The Bertz CT molecular complexity index is 850. The predicted octanol–water partition coefficient (Wildman–Crippen LogP) is 2.47. The molecule has 0 amide bonds. The summed E-state index contributed by atoms with van der Waals surface area (Å²) in [6, 6.07) is 3.45. The third kappa shape index (κ3) is 2.13. The average molecular weight is 308 g/mol. The first-order valence-corrected chi connectivity index (χ1v) is 5.43. The largest absolute Gasteiger partial charge is 0.361 e. The lowest BCUT2D eigenvalue weighted by Gasteiger charge is -2.03. The molecule has 22 heavy (non-hydrogen) atoms. The Morgan fingerprint density at radius 2 is 1.23 bits per heavy atom. The quantitative estimate of drug-likeness (QED) is 0.611. The van der Waals surface area contributed by atoms with Gasteiger partial charge in [-0.2, -0.15) is 0 Å². The molecule has 12 heteroatoms. The van der Waals surface area contributed by atoms with Gasteiger partial charge in [0.2, 0.25) is 0 Å². The van der Waals surface area contributed by atoms with Gasteiger partial charge in [0.05, 0.1) is 25.1 Å². The number of hydrogen-bond donors (Lipinski definition) is 0. The van der Waals surface area contributed by atoms with Gasteiger partial charge in [-0.05, 0) is 6.07 Å². The van der Waals surface area contributed by atoms with E-state index in [0.717, 1.165) is 18.2 Å². The SMILES string of the molecule is O=[N+]([O-])c1cc([N+](=O)[O-])c2cccc([N+](=O)[O-])c2c1[N+](=O)[O-]. The molecule has 0 fully saturated rings. The number of nitro benzene ring substituents is 4. The number of nitrogens with zero attached hydrogens (tertiary/aromatic N) is 4. The fourth-order valence-corrected chi connectivity index (χ4v) is 2.03. The van der Waals surface area contributed by atoms with Crippen LogP contribution < -0.4 is 0 Å². The van der Waals surface area contributed by atoms with E-state index < -0.39 is 53.2 Å². The Labute approximate surface area is 119 Å². The summed E-state index contributed by atoms with van der Waals surface area (Å²) in [6.45, 7) is 0. The van der Waals surface area contributed by atoms with Crippen LogP contribution in [0.3, 0.4) is 0 Å². The highest BCUT2D eigenvalue weighted by Gasteiger charge is 2.37. The summed E-state index contributed by atoms with van der Waals surface area (Å²) in [5, 5.41) is 42.9. The highest BCUT2D eigenvalue weighted by molar-refractivity contribution is 6.06. The van der Waals surface area contributed by atoms with Crippen LogP contribution in [0, 0.1) is 40.5 Å². The number of hydrogen-bond acceptors (Lipinski definition) is 8. The highest BCUT2D eigenvalue weighted by atomic mass is 16.6. The van der Waals surface area contributed by atoms with Crippen LogP contribution in [0.2, 0.25) is 0 Å². The van der Waals surface area contributed by atoms with Crippen molar-refractivity contribution in [1.82, 2.24) is 0 Å². The molecule has 0 aliphatic heterocycles. The molecule has 0 unspecified atom stereocenters. The molecule has 0 N–H and O–H groups in total. The van der Waals surface area contributed by atoms with Crippen molar-refractivity contribution in [2.75, 3.05) is 0 Å². The van der Waals surface area contributed by atoms with Crippen molar-refractivity contribution in [3.8, 4) is 0 Å². The van der Waals surface area contributed by atoms with E-state index in [4.69, 9.17) is 0 Å². The zero-order chi connectivity index (χ0) is 16.6. The normalized spacial score (nSPS) is 10.4. The number of fused-ring (bicyclic) bond motifs is 1. The lowest BCUT2D eigenvalue weighted by atomic mass is 10.0. The molecular weight excluding hydrogens is 304 g/mol. The van der Waals surface area contributed by atoms with Crippen LogP contribution in [-0.2, 0) is 0 Å². The molecule has 0 aliphatic rings. The molecule has 12 nitrogen and oxygen atoms in total. The Morgan fingerprint density at radius 1 is 0.682 bits per heavy atom. The number of benzene rings is 2. The summed E-state index contributed by atoms with van der Waals surface area (Å²) < 4.78 is 0. The van der Waals surface area contributed by atoms with Gasteiger partial charge >= 0.3 is 11.4 Å². The van der Waals surface area contributed by atoms with Gasteiger partial charge in [-0.1, -0.05) is 6.07 Å². The molecule has 0 spiro atoms. The first-order valence-electron chi connectivity index (χ1n) is 5.43. The van der Waals surface area contributed by atoms with Crippen molar-refractivity contribution < 1.29 is 19.7 Å². The lowest BCUT2D eigenvalue weighted by Crippen LogP contribution is -2.02. The molecule has 0 aliphatic carbocycles. The summed E-state index contributed by atoms with van der Waals surface area (Å²) in [5.41, 5.74) is -3.98. The van der Waals surface area contributed by atoms with Crippen molar-refractivity contribution in [1.29, 1.82) is 0 Å². The molecule has 0 aromatic heterocycles. The monoisotopic (exact) mass is 308 g/mol. The van der Waals surface area contributed by atoms with Crippen LogP contribution in [0.15, 0.2) is 24.3 Å². The van der Waals surface area contributed by atoms with Gasteiger partial charge in [0.15, 0.2) is 5.39 Å². The number of rotatable bonds is 4. The minimum Gasteiger partial charge on any atom is -0.258 e. The summed E-state index contributed by atoms with van der Waals surface area (Å²) in [4.78, 5) is 39.7. The molecule has 0 atom stereocenters. The van der Waals surface area contributed by atoms with E-state index in [1.54, 1.807) is 0 Å². The Kier molecular flexibility index (Phi) is 3.35. The summed E-state index contributed by atoms with van der Waals surface area (Å²) in [5.74, 6) is 0. The van der Waals surface area contributed by atoms with Crippen molar-refractivity contribution in [2.24, 2.45) is 0 Å². The molecule has 0 radical (unpaired) electrons. The van der Waals surface area contributed by atoms with Crippen molar-refractivity contribution in [3.63, 3.8) is 0 Å². The van der Waals surface area contributed by atoms with Crippen LogP contribution >= 0.6 is 0 Å². The minimum atomic E-state index is -1.19. The van der Waals surface area contributed by atoms with Gasteiger partial charge in [0.1, 0.15) is 6.07 Å².